The third kappa shape index (κ3) is 4.74. The van der Waals surface area contributed by atoms with Gasteiger partial charge in [-0.2, -0.15) is 5.26 Å². The van der Waals surface area contributed by atoms with Crippen LogP contribution in [0.3, 0.4) is 0 Å². The van der Waals surface area contributed by atoms with Crippen molar-refractivity contribution >= 4 is 11.7 Å². The van der Waals surface area contributed by atoms with E-state index in [0.717, 1.165) is 24.8 Å². The van der Waals surface area contributed by atoms with Crippen LogP contribution in [-0.4, -0.2) is 30.4 Å². The van der Waals surface area contributed by atoms with E-state index in [4.69, 9.17) is 14.7 Å². The summed E-state index contributed by atoms with van der Waals surface area (Å²) < 4.78 is 11.6. The molecule has 158 valence electrons. The molecule has 1 unspecified atom stereocenters. The van der Waals surface area contributed by atoms with Crippen molar-refractivity contribution in [3.05, 3.63) is 59.2 Å². The van der Waals surface area contributed by atoms with E-state index in [9.17, 15) is 9.90 Å². The van der Waals surface area contributed by atoms with Crippen molar-refractivity contribution in [1.29, 1.82) is 5.26 Å². The van der Waals surface area contributed by atoms with Crippen LogP contribution in [0.4, 0.5) is 5.69 Å². The molecule has 1 saturated heterocycles. The molecule has 0 amide bonds. The van der Waals surface area contributed by atoms with Crippen LogP contribution < -0.4 is 10.1 Å². The van der Waals surface area contributed by atoms with E-state index in [1.54, 1.807) is 24.3 Å². The standard InChI is InChI=1S/C24H28N2O4/c1-3-17-13-19(15-22(14-17)30-21-9-11-29-12-10-21)24(4-2,23(27)28)26-20-7-5-18(16-25)6-8-20/h5-8,13-15,21,26H,3-4,9-12H2,1-2H3,(H,27,28). The van der Waals surface area contributed by atoms with Gasteiger partial charge in [-0.25, -0.2) is 4.79 Å². The van der Waals surface area contributed by atoms with Gasteiger partial charge < -0.3 is 19.9 Å². The molecule has 0 aliphatic carbocycles. The highest BCUT2D eigenvalue weighted by Gasteiger charge is 2.39. The summed E-state index contributed by atoms with van der Waals surface area (Å²) in [5, 5.41) is 22.5. The minimum Gasteiger partial charge on any atom is -0.490 e. The van der Waals surface area contributed by atoms with Crippen molar-refractivity contribution in [3.63, 3.8) is 0 Å². The van der Waals surface area contributed by atoms with E-state index in [-0.39, 0.29) is 6.10 Å². The van der Waals surface area contributed by atoms with Crippen LogP contribution >= 0.6 is 0 Å². The topological polar surface area (TPSA) is 91.6 Å². The van der Waals surface area contributed by atoms with Crippen LogP contribution in [0.15, 0.2) is 42.5 Å². The smallest absolute Gasteiger partial charge is 0.334 e. The number of hydrogen-bond donors (Lipinski definition) is 2. The van der Waals surface area contributed by atoms with Gasteiger partial charge in [-0.1, -0.05) is 19.9 Å². The van der Waals surface area contributed by atoms with E-state index in [0.29, 0.717) is 42.2 Å². The third-order valence-electron chi connectivity index (χ3n) is 5.61. The first kappa shape index (κ1) is 21.7. The summed E-state index contributed by atoms with van der Waals surface area (Å²) in [4.78, 5) is 12.5. The number of nitriles is 1. The highest BCUT2D eigenvalue weighted by atomic mass is 16.5. The molecule has 1 heterocycles. The van der Waals surface area contributed by atoms with Gasteiger partial charge in [-0.3, -0.25) is 0 Å². The minimum atomic E-state index is -1.31. The molecule has 30 heavy (non-hydrogen) atoms. The van der Waals surface area contributed by atoms with Gasteiger partial charge in [-0.05, 0) is 60.4 Å². The largest absolute Gasteiger partial charge is 0.490 e. The van der Waals surface area contributed by atoms with Gasteiger partial charge in [0, 0.05) is 18.5 Å². The Morgan fingerprint density at radius 3 is 2.50 bits per heavy atom. The first-order valence-electron chi connectivity index (χ1n) is 10.4. The van der Waals surface area contributed by atoms with Crippen molar-refractivity contribution in [2.45, 2.75) is 51.2 Å². The molecule has 1 aliphatic rings. The Morgan fingerprint density at radius 2 is 1.93 bits per heavy atom. The van der Waals surface area contributed by atoms with E-state index in [2.05, 4.69) is 11.4 Å². The second-order valence-corrected chi connectivity index (χ2v) is 7.53. The highest BCUT2D eigenvalue weighted by molar-refractivity contribution is 5.85. The fourth-order valence-corrected chi connectivity index (χ4v) is 3.73. The highest BCUT2D eigenvalue weighted by Crippen LogP contribution is 2.34. The van der Waals surface area contributed by atoms with Crippen molar-refractivity contribution in [1.82, 2.24) is 0 Å². The number of aryl methyl sites for hydroxylation is 1. The number of nitrogens with one attached hydrogen (secondary N) is 1. The quantitative estimate of drug-likeness (QED) is 0.669. The number of ether oxygens (including phenoxy) is 2. The number of carboxylic acid groups (broad SMARTS) is 1. The second kappa shape index (κ2) is 9.64. The van der Waals surface area contributed by atoms with Gasteiger partial charge in [-0.15, -0.1) is 0 Å². The van der Waals surface area contributed by atoms with Gasteiger partial charge in [0.15, 0.2) is 5.54 Å². The molecule has 0 aromatic heterocycles. The Morgan fingerprint density at radius 1 is 1.23 bits per heavy atom. The monoisotopic (exact) mass is 408 g/mol. The second-order valence-electron chi connectivity index (χ2n) is 7.53. The summed E-state index contributed by atoms with van der Waals surface area (Å²) in [5.41, 5.74) is 1.54. The van der Waals surface area contributed by atoms with E-state index in [1.165, 1.54) is 0 Å². The normalized spacial score (nSPS) is 16.3. The summed E-state index contributed by atoms with van der Waals surface area (Å²) in [5.74, 6) is -0.267. The fourth-order valence-electron chi connectivity index (χ4n) is 3.73. The van der Waals surface area contributed by atoms with E-state index < -0.39 is 11.5 Å². The summed E-state index contributed by atoms with van der Waals surface area (Å²) >= 11 is 0. The molecule has 0 bridgehead atoms. The number of aliphatic carboxylic acids is 1. The van der Waals surface area contributed by atoms with Gasteiger partial charge in [0.1, 0.15) is 11.9 Å². The minimum absolute atomic E-state index is 0.0750. The maximum absolute atomic E-state index is 12.5. The lowest BCUT2D eigenvalue weighted by molar-refractivity contribution is -0.142. The van der Waals surface area contributed by atoms with E-state index in [1.807, 2.05) is 32.0 Å². The molecule has 2 N–H and O–H groups in total. The molecule has 1 aliphatic heterocycles. The molecule has 6 heteroatoms. The first-order chi connectivity index (χ1) is 14.5. The number of rotatable bonds is 8. The molecule has 2 aromatic rings. The first-order valence-corrected chi connectivity index (χ1v) is 10.4. The zero-order chi connectivity index (χ0) is 21.6. The van der Waals surface area contributed by atoms with Crippen molar-refractivity contribution < 1.29 is 19.4 Å². The number of carboxylic acids is 1. The Balaban J connectivity index is 1.98. The van der Waals surface area contributed by atoms with Crippen molar-refractivity contribution in [3.8, 4) is 11.8 Å². The molecule has 0 spiro atoms. The molecule has 0 saturated carbocycles. The SMILES string of the molecule is CCc1cc(OC2CCOCC2)cc(C(CC)(Nc2ccc(C#N)cc2)C(=O)O)c1. The van der Waals surface area contributed by atoms with Gasteiger partial charge in [0.2, 0.25) is 0 Å². The number of benzene rings is 2. The van der Waals surface area contributed by atoms with Crippen LogP contribution in [0, 0.1) is 11.3 Å². The Bertz CT molecular complexity index is 914. The maximum Gasteiger partial charge on any atom is 0.334 e. The average molecular weight is 408 g/mol. The van der Waals surface area contributed by atoms with Gasteiger partial charge in [0.05, 0.1) is 24.8 Å². The van der Waals surface area contributed by atoms with Crippen LogP contribution in [-0.2, 0) is 21.5 Å². The lowest BCUT2D eigenvalue weighted by Gasteiger charge is -2.32. The van der Waals surface area contributed by atoms with Gasteiger partial charge >= 0.3 is 5.97 Å². The molecule has 3 rings (SSSR count). The Kier molecular flexibility index (Phi) is 6.96. The number of anilines is 1. The summed E-state index contributed by atoms with van der Waals surface area (Å²) in [6, 6.07) is 14.6. The predicted octanol–water partition coefficient (Wildman–Crippen LogP) is 4.48. The Labute approximate surface area is 177 Å². The van der Waals surface area contributed by atoms with Crippen LogP contribution in [0.5, 0.6) is 5.75 Å². The summed E-state index contributed by atoms with van der Waals surface area (Å²) in [7, 11) is 0. The average Bonchev–Trinajstić information content (AvgIpc) is 2.78. The third-order valence-corrected chi connectivity index (χ3v) is 5.61. The molecule has 2 aromatic carbocycles. The van der Waals surface area contributed by atoms with Crippen molar-refractivity contribution in [2.75, 3.05) is 18.5 Å². The van der Waals surface area contributed by atoms with Gasteiger partial charge in [0.25, 0.3) is 0 Å². The Hall–Kier alpha value is -3.04. The molecule has 1 atom stereocenters. The summed E-state index contributed by atoms with van der Waals surface area (Å²) in [6.45, 7) is 5.25. The molecular formula is C24H28N2O4. The number of nitrogens with zero attached hydrogens (tertiary/aromatic N) is 1. The van der Waals surface area contributed by atoms with Crippen LogP contribution in [0.2, 0.25) is 0 Å². The number of hydrogen-bond acceptors (Lipinski definition) is 5. The zero-order valence-corrected chi connectivity index (χ0v) is 17.5. The van der Waals surface area contributed by atoms with Crippen LogP contribution in [0.25, 0.3) is 0 Å². The van der Waals surface area contributed by atoms with Crippen LogP contribution in [0.1, 0.15) is 49.8 Å². The maximum atomic E-state index is 12.5. The van der Waals surface area contributed by atoms with E-state index >= 15 is 0 Å². The van der Waals surface area contributed by atoms with Crippen molar-refractivity contribution in [2.24, 2.45) is 0 Å². The fraction of sp³-hybridized carbons (Fsp3) is 0.417. The molecule has 0 radical (unpaired) electrons. The summed E-state index contributed by atoms with van der Waals surface area (Å²) in [6.07, 6.45) is 2.84. The predicted molar refractivity (Wildman–Crippen MR) is 115 cm³/mol. The molecule has 6 nitrogen and oxygen atoms in total. The lowest BCUT2D eigenvalue weighted by Crippen LogP contribution is -2.43. The molecule has 1 fully saturated rings. The molecular weight excluding hydrogens is 380 g/mol. The number of carbonyl (C=O) groups is 1. The zero-order valence-electron chi connectivity index (χ0n) is 17.5. The lowest BCUT2D eigenvalue weighted by atomic mass is 9.85.